The highest BCUT2D eigenvalue weighted by Crippen LogP contribution is 2.15. The molecule has 0 atom stereocenters. The molecule has 0 aliphatic carbocycles. The van der Waals surface area contributed by atoms with Gasteiger partial charge in [0.1, 0.15) is 5.75 Å². The van der Waals surface area contributed by atoms with E-state index in [1.54, 1.807) is 41.1 Å². The van der Waals surface area contributed by atoms with Crippen LogP contribution >= 0.6 is 11.6 Å². The second-order valence-electron chi connectivity index (χ2n) is 6.00. The number of hydrazine groups is 1. The zero-order valence-corrected chi connectivity index (χ0v) is 15.8. The van der Waals surface area contributed by atoms with Crippen LogP contribution in [0.3, 0.4) is 0 Å². The molecule has 1 heterocycles. The molecule has 1 aliphatic heterocycles. The molecule has 1 fully saturated rings. The average molecular weight is 399 g/mol. The first-order valence-corrected chi connectivity index (χ1v) is 8.82. The summed E-state index contributed by atoms with van der Waals surface area (Å²) < 4.78 is 10.5. The van der Waals surface area contributed by atoms with Crippen LogP contribution in [0.2, 0.25) is 5.02 Å². The molecular formula is C17H23ClN4O5. The number of benzene rings is 1. The van der Waals surface area contributed by atoms with Gasteiger partial charge in [-0.25, -0.2) is 0 Å². The first-order chi connectivity index (χ1) is 12.9. The van der Waals surface area contributed by atoms with E-state index in [2.05, 4.69) is 10.9 Å². The number of nitrogens with one attached hydrogen (secondary N) is 2. The quantitative estimate of drug-likeness (QED) is 0.609. The van der Waals surface area contributed by atoms with Crippen molar-refractivity contribution in [2.24, 2.45) is 0 Å². The number of carbonyl (C=O) groups is 3. The number of ether oxygens (including phenoxy) is 2. The number of hydrogen-bond acceptors (Lipinski definition) is 6. The van der Waals surface area contributed by atoms with Crippen molar-refractivity contribution in [3.63, 3.8) is 0 Å². The number of morpholine rings is 1. The molecule has 0 spiro atoms. The van der Waals surface area contributed by atoms with Crippen LogP contribution in [0, 0.1) is 0 Å². The van der Waals surface area contributed by atoms with Crippen LogP contribution < -0.4 is 15.6 Å². The topological polar surface area (TPSA) is 100 Å². The Morgan fingerprint density at radius 2 is 1.74 bits per heavy atom. The maximum absolute atomic E-state index is 12.1. The van der Waals surface area contributed by atoms with Crippen LogP contribution in [0.15, 0.2) is 24.3 Å². The van der Waals surface area contributed by atoms with Gasteiger partial charge in [-0.3, -0.25) is 30.1 Å². The van der Waals surface area contributed by atoms with Crippen LogP contribution in [0.25, 0.3) is 0 Å². The van der Waals surface area contributed by atoms with Gasteiger partial charge in [0.2, 0.25) is 5.91 Å². The van der Waals surface area contributed by atoms with E-state index >= 15 is 0 Å². The lowest BCUT2D eigenvalue weighted by Gasteiger charge is -2.28. The monoisotopic (exact) mass is 398 g/mol. The zero-order chi connectivity index (χ0) is 19.6. The fraction of sp³-hybridized carbons (Fsp3) is 0.471. The molecule has 10 heteroatoms. The predicted octanol–water partition coefficient (Wildman–Crippen LogP) is -0.343. The van der Waals surface area contributed by atoms with E-state index in [0.29, 0.717) is 37.1 Å². The van der Waals surface area contributed by atoms with Crippen molar-refractivity contribution in [1.29, 1.82) is 0 Å². The number of rotatable bonds is 7. The number of carbonyl (C=O) groups excluding carboxylic acids is 3. The zero-order valence-electron chi connectivity index (χ0n) is 15.1. The first-order valence-electron chi connectivity index (χ1n) is 8.44. The largest absolute Gasteiger partial charge is 0.484 e. The summed E-state index contributed by atoms with van der Waals surface area (Å²) in [6.45, 7) is 1.99. The van der Waals surface area contributed by atoms with E-state index in [9.17, 15) is 14.4 Å². The fourth-order valence-corrected chi connectivity index (χ4v) is 2.47. The predicted molar refractivity (Wildman–Crippen MR) is 98.1 cm³/mol. The van der Waals surface area contributed by atoms with Crippen LogP contribution in [0.1, 0.15) is 0 Å². The maximum Gasteiger partial charge on any atom is 0.276 e. The molecule has 148 valence electrons. The Labute approximate surface area is 162 Å². The molecule has 2 rings (SSSR count). The maximum atomic E-state index is 12.1. The smallest absolute Gasteiger partial charge is 0.276 e. The van der Waals surface area contributed by atoms with Gasteiger partial charge in [-0.2, -0.15) is 0 Å². The SMILES string of the molecule is CN(CC(=O)NNC(=O)COc1ccc(Cl)cc1)CC(=O)N1CCOCC1. The van der Waals surface area contributed by atoms with Gasteiger partial charge in [0.25, 0.3) is 11.8 Å². The number of likely N-dealkylation sites (N-methyl/N-ethyl adjacent to an activating group) is 1. The lowest BCUT2D eigenvalue weighted by Crippen LogP contribution is -2.49. The summed E-state index contributed by atoms with van der Waals surface area (Å²) in [5.74, 6) is -0.520. The molecule has 9 nitrogen and oxygen atoms in total. The lowest BCUT2D eigenvalue weighted by atomic mass is 10.3. The van der Waals surface area contributed by atoms with Crippen molar-refractivity contribution in [1.82, 2.24) is 20.7 Å². The molecule has 0 radical (unpaired) electrons. The molecule has 1 aliphatic rings. The van der Waals surface area contributed by atoms with E-state index in [0.717, 1.165) is 0 Å². The highest BCUT2D eigenvalue weighted by Gasteiger charge is 2.19. The number of halogens is 1. The third-order valence-electron chi connectivity index (χ3n) is 3.71. The number of hydrogen-bond donors (Lipinski definition) is 2. The van der Waals surface area contributed by atoms with Gasteiger partial charge in [0.15, 0.2) is 6.61 Å². The van der Waals surface area contributed by atoms with Gasteiger partial charge in [-0.1, -0.05) is 11.6 Å². The van der Waals surface area contributed by atoms with E-state index in [-0.39, 0.29) is 25.6 Å². The molecule has 1 aromatic carbocycles. The Kier molecular flexibility index (Phi) is 8.31. The van der Waals surface area contributed by atoms with Crippen LogP contribution in [-0.4, -0.2) is 80.6 Å². The number of nitrogens with zero attached hydrogens (tertiary/aromatic N) is 2. The molecule has 0 saturated carbocycles. The van der Waals surface area contributed by atoms with Crippen molar-refractivity contribution < 1.29 is 23.9 Å². The summed E-state index contributed by atoms with van der Waals surface area (Å²) in [6.07, 6.45) is 0. The van der Waals surface area contributed by atoms with Gasteiger partial charge in [0, 0.05) is 18.1 Å². The normalized spacial score (nSPS) is 14.0. The van der Waals surface area contributed by atoms with E-state index < -0.39 is 11.8 Å². The molecule has 0 bridgehead atoms. The molecule has 2 N–H and O–H groups in total. The third kappa shape index (κ3) is 7.81. The summed E-state index contributed by atoms with van der Waals surface area (Å²) in [5, 5.41) is 0.565. The Bertz CT molecular complexity index is 649. The fourth-order valence-electron chi connectivity index (χ4n) is 2.34. The van der Waals surface area contributed by atoms with Crippen molar-refractivity contribution in [2.75, 3.05) is 53.0 Å². The van der Waals surface area contributed by atoms with Crippen LogP contribution in [-0.2, 0) is 19.1 Å². The van der Waals surface area contributed by atoms with Gasteiger partial charge in [-0.15, -0.1) is 0 Å². The minimum Gasteiger partial charge on any atom is -0.484 e. The standard InChI is InChI=1S/C17H23ClN4O5/c1-21(11-17(25)22-6-8-26-9-7-22)10-15(23)19-20-16(24)12-27-14-4-2-13(18)3-5-14/h2-5H,6-12H2,1H3,(H,19,23)(H,20,24). The van der Waals surface area contributed by atoms with Crippen molar-refractivity contribution in [3.8, 4) is 5.75 Å². The van der Waals surface area contributed by atoms with Gasteiger partial charge >= 0.3 is 0 Å². The lowest BCUT2D eigenvalue weighted by molar-refractivity contribution is -0.137. The van der Waals surface area contributed by atoms with Crippen LogP contribution in [0.4, 0.5) is 0 Å². The molecule has 0 unspecified atom stereocenters. The molecule has 3 amide bonds. The summed E-state index contributed by atoms with van der Waals surface area (Å²) in [5.41, 5.74) is 4.54. The second kappa shape index (κ2) is 10.7. The second-order valence-corrected chi connectivity index (χ2v) is 6.44. The Morgan fingerprint density at radius 3 is 2.41 bits per heavy atom. The van der Waals surface area contributed by atoms with Gasteiger partial charge < -0.3 is 14.4 Å². The van der Waals surface area contributed by atoms with Gasteiger partial charge in [-0.05, 0) is 31.3 Å². The molecule has 27 heavy (non-hydrogen) atoms. The van der Waals surface area contributed by atoms with Gasteiger partial charge in [0.05, 0.1) is 26.3 Å². The van der Waals surface area contributed by atoms with Crippen LogP contribution in [0.5, 0.6) is 5.75 Å². The summed E-state index contributed by atoms with van der Waals surface area (Å²) in [4.78, 5) is 38.9. The summed E-state index contributed by atoms with van der Waals surface area (Å²) >= 11 is 5.76. The van der Waals surface area contributed by atoms with E-state index in [4.69, 9.17) is 21.1 Å². The third-order valence-corrected chi connectivity index (χ3v) is 3.96. The summed E-state index contributed by atoms with van der Waals surface area (Å²) in [6, 6.07) is 6.55. The Morgan fingerprint density at radius 1 is 1.11 bits per heavy atom. The van der Waals surface area contributed by atoms with Crippen molar-refractivity contribution >= 4 is 29.3 Å². The number of amides is 3. The van der Waals surface area contributed by atoms with Crippen molar-refractivity contribution in [3.05, 3.63) is 29.3 Å². The Balaban J connectivity index is 1.62. The minimum atomic E-state index is -0.509. The first kappa shape index (κ1) is 20.9. The van der Waals surface area contributed by atoms with E-state index in [1.807, 2.05) is 0 Å². The highest BCUT2D eigenvalue weighted by molar-refractivity contribution is 6.30. The van der Waals surface area contributed by atoms with Crippen molar-refractivity contribution in [2.45, 2.75) is 0 Å². The molecular weight excluding hydrogens is 376 g/mol. The average Bonchev–Trinajstić information content (AvgIpc) is 2.66. The Hall–Kier alpha value is -2.36. The molecule has 0 aromatic heterocycles. The van der Waals surface area contributed by atoms with E-state index in [1.165, 1.54) is 0 Å². The highest BCUT2D eigenvalue weighted by atomic mass is 35.5. The molecule has 1 aromatic rings. The molecule has 1 saturated heterocycles. The summed E-state index contributed by atoms with van der Waals surface area (Å²) in [7, 11) is 1.66. The minimum absolute atomic E-state index is 0.0333.